The highest BCUT2D eigenvalue weighted by Crippen LogP contribution is 2.09. The monoisotopic (exact) mass is 199 g/mol. The molecule has 0 aliphatic heterocycles. The van der Waals surface area contributed by atoms with Gasteiger partial charge in [-0.1, -0.05) is 0 Å². The molecule has 0 bridgehead atoms. The molecule has 0 saturated heterocycles. The van der Waals surface area contributed by atoms with E-state index in [1.54, 1.807) is 6.92 Å². The van der Waals surface area contributed by atoms with Crippen molar-refractivity contribution in [3.63, 3.8) is 0 Å². The van der Waals surface area contributed by atoms with E-state index in [0.717, 1.165) is 0 Å². The Kier molecular flexibility index (Phi) is 3.67. The van der Waals surface area contributed by atoms with Gasteiger partial charge in [0.1, 0.15) is 11.3 Å². The average molecular weight is 199 g/mol. The van der Waals surface area contributed by atoms with Crippen LogP contribution >= 0.6 is 0 Å². The van der Waals surface area contributed by atoms with E-state index in [0.29, 0.717) is 18.8 Å². The lowest BCUT2D eigenvalue weighted by molar-refractivity contribution is 0.0694. The van der Waals surface area contributed by atoms with Crippen LogP contribution in [0.2, 0.25) is 0 Å². The molecule has 0 saturated carbocycles. The zero-order valence-corrected chi connectivity index (χ0v) is 7.86. The molecule has 14 heavy (non-hydrogen) atoms. The SMILES string of the molecule is CC(O)CNCc1occc1C(=O)O. The number of carbonyl (C=O) groups is 1. The van der Waals surface area contributed by atoms with Gasteiger partial charge in [-0.3, -0.25) is 0 Å². The minimum absolute atomic E-state index is 0.156. The van der Waals surface area contributed by atoms with Gasteiger partial charge in [-0.25, -0.2) is 4.79 Å². The van der Waals surface area contributed by atoms with Gasteiger partial charge >= 0.3 is 5.97 Å². The summed E-state index contributed by atoms with van der Waals surface area (Å²) in [6, 6.07) is 1.40. The number of carboxylic acids is 1. The van der Waals surface area contributed by atoms with E-state index in [1.807, 2.05) is 0 Å². The second-order valence-corrected chi connectivity index (χ2v) is 3.04. The van der Waals surface area contributed by atoms with Gasteiger partial charge in [-0.15, -0.1) is 0 Å². The number of aliphatic hydroxyl groups excluding tert-OH is 1. The van der Waals surface area contributed by atoms with E-state index in [2.05, 4.69) is 5.32 Å². The van der Waals surface area contributed by atoms with E-state index < -0.39 is 12.1 Å². The van der Waals surface area contributed by atoms with E-state index >= 15 is 0 Å². The topological polar surface area (TPSA) is 82.7 Å². The van der Waals surface area contributed by atoms with Gasteiger partial charge in [-0.05, 0) is 13.0 Å². The van der Waals surface area contributed by atoms with Gasteiger partial charge in [0.25, 0.3) is 0 Å². The number of rotatable bonds is 5. The largest absolute Gasteiger partial charge is 0.478 e. The maximum absolute atomic E-state index is 10.6. The number of furan rings is 1. The van der Waals surface area contributed by atoms with Crippen molar-refractivity contribution in [2.24, 2.45) is 0 Å². The lowest BCUT2D eigenvalue weighted by atomic mass is 10.2. The quantitative estimate of drug-likeness (QED) is 0.641. The number of hydrogen-bond acceptors (Lipinski definition) is 4. The Morgan fingerprint density at radius 3 is 3.00 bits per heavy atom. The molecule has 3 N–H and O–H groups in total. The fraction of sp³-hybridized carbons (Fsp3) is 0.444. The first-order chi connectivity index (χ1) is 6.61. The molecule has 1 aromatic heterocycles. The Labute approximate surface area is 81.4 Å². The standard InChI is InChI=1S/C9H13NO4/c1-6(11)4-10-5-8-7(9(12)13)2-3-14-8/h2-3,6,10-11H,4-5H2,1H3,(H,12,13). The van der Waals surface area contributed by atoms with Gasteiger partial charge < -0.3 is 19.9 Å². The molecule has 0 aliphatic carbocycles. The Morgan fingerprint density at radius 1 is 1.71 bits per heavy atom. The van der Waals surface area contributed by atoms with Crippen molar-refractivity contribution in [1.29, 1.82) is 0 Å². The molecule has 0 spiro atoms. The average Bonchev–Trinajstić information content (AvgIpc) is 2.51. The summed E-state index contributed by atoms with van der Waals surface area (Å²) in [7, 11) is 0. The number of aliphatic hydroxyl groups is 1. The van der Waals surface area contributed by atoms with Crippen LogP contribution in [-0.2, 0) is 6.54 Å². The third kappa shape index (κ3) is 2.86. The van der Waals surface area contributed by atoms with Crippen LogP contribution in [0.4, 0.5) is 0 Å². The van der Waals surface area contributed by atoms with Crippen molar-refractivity contribution in [3.8, 4) is 0 Å². The Hall–Kier alpha value is -1.33. The highest BCUT2D eigenvalue weighted by atomic mass is 16.4. The fourth-order valence-corrected chi connectivity index (χ4v) is 1.06. The molecule has 78 valence electrons. The first-order valence-electron chi connectivity index (χ1n) is 4.29. The van der Waals surface area contributed by atoms with E-state index in [1.165, 1.54) is 12.3 Å². The summed E-state index contributed by atoms with van der Waals surface area (Å²) in [6.45, 7) is 2.35. The summed E-state index contributed by atoms with van der Waals surface area (Å²) < 4.78 is 4.98. The first kappa shape index (κ1) is 10.7. The lowest BCUT2D eigenvalue weighted by Gasteiger charge is -2.05. The van der Waals surface area contributed by atoms with E-state index in [4.69, 9.17) is 14.6 Å². The molecule has 1 rings (SSSR count). The summed E-state index contributed by atoms with van der Waals surface area (Å²) in [4.78, 5) is 10.6. The lowest BCUT2D eigenvalue weighted by Crippen LogP contribution is -2.24. The summed E-state index contributed by atoms with van der Waals surface area (Å²) in [5.74, 6) is -0.634. The predicted molar refractivity (Wildman–Crippen MR) is 49.1 cm³/mol. The van der Waals surface area contributed by atoms with Crippen molar-refractivity contribution in [2.75, 3.05) is 6.54 Å². The Morgan fingerprint density at radius 2 is 2.43 bits per heavy atom. The van der Waals surface area contributed by atoms with Crippen molar-refractivity contribution in [3.05, 3.63) is 23.7 Å². The van der Waals surface area contributed by atoms with Crippen LogP contribution in [0, 0.1) is 0 Å². The maximum Gasteiger partial charge on any atom is 0.339 e. The molecule has 5 nitrogen and oxygen atoms in total. The van der Waals surface area contributed by atoms with Gasteiger partial charge in [0, 0.05) is 6.54 Å². The predicted octanol–water partition coefficient (Wildman–Crippen LogP) is 0.448. The Balaban J connectivity index is 2.50. The van der Waals surface area contributed by atoms with Crippen LogP contribution < -0.4 is 5.32 Å². The number of aromatic carboxylic acids is 1. The normalized spacial score (nSPS) is 12.7. The molecular weight excluding hydrogens is 186 g/mol. The van der Waals surface area contributed by atoms with Crippen molar-refractivity contribution < 1.29 is 19.4 Å². The van der Waals surface area contributed by atoms with Crippen molar-refractivity contribution >= 4 is 5.97 Å². The second-order valence-electron chi connectivity index (χ2n) is 3.04. The Bertz CT molecular complexity index is 306. The molecule has 1 heterocycles. The van der Waals surface area contributed by atoms with Crippen LogP contribution in [-0.4, -0.2) is 28.8 Å². The summed E-state index contributed by atoms with van der Waals surface area (Å²) in [5, 5.41) is 20.6. The first-order valence-corrected chi connectivity index (χ1v) is 4.29. The molecule has 1 aromatic rings. The highest BCUT2D eigenvalue weighted by Gasteiger charge is 2.12. The highest BCUT2D eigenvalue weighted by molar-refractivity contribution is 5.88. The van der Waals surface area contributed by atoms with Crippen LogP contribution in [0.15, 0.2) is 16.7 Å². The van der Waals surface area contributed by atoms with Crippen LogP contribution in [0.5, 0.6) is 0 Å². The molecule has 0 aliphatic rings. The third-order valence-corrected chi connectivity index (χ3v) is 1.70. The zero-order chi connectivity index (χ0) is 10.6. The molecule has 0 aromatic carbocycles. The minimum atomic E-state index is -1.01. The van der Waals surface area contributed by atoms with Crippen LogP contribution in [0.3, 0.4) is 0 Å². The maximum atomic E-state index is 10.6. The molecule has 0 radical (unpaired) electrons. The number of nitrogens with one attached hydrogen (secondary N) is 1. The van der Waals surface area contributed by atoms with Gasteiger partial charge in [0.05, 0.1) is 18.9 Å². The molecule has 5 heteroatoms. The van der Waals surface area contributed by atoms with Gasteiger partial charge in [0.15, 0.2) is 0 Å². The van der Waals surface area contributed by atoms with Crippen LogP contribution in [0.25, 0.3) is 0 Å². The fourth-order valence-electron chi connectivity index (χ4n) is 1.06. The summed E-state index contributed by atoms with van der Waals surface area (Å²) in [6.07, 6.45) is 0.876. The van der Waals surface area contributed by atoms with E-state index in [-0.39, 0.29) is 5.56 Å². The van der Waals surface area contributed by atoms with Crippen molar-refractivity contribution in [2.45, 2.75) is 19.6 Å². The second kappa shape index (κ2) is 4.78. The molecule has 0 fully saturated rings. The van der Waals surface area contributed by atoms with Gasteiger partial charge in [0.2, 0.25) is 0 Å². The third-order valence-electron chi connectivity index (χ3n) is 1.70. The summed E-state index contributed by atoms with van der Waals surface area (Å²) >= 11 is 0. The molecule has 1 atom stereocenters. The molecule has 0 amide bonds. The van der Waals surface area contributed by atoms with Gasteiger partial charge in [-0.2, -0.15) is 0 Å². The van der Waals surface area contributed by atoms with E-state index in [9.17, 15) is 4.79 Å². The zero-order valence-electron chi connectivity index (χ0n) is 7.86. The minimum Gasteiger partial charge on any atom is -0.478 e. The number of carboxylic acid groups (broad SMARTS) is 1. The smallest absolute Gasteiger partial charge is 0.339 e. The summed E-state index contributed by atoms with van der Waals surface area (Å²) in [5.41, 5.74) is 0.156. The molecular formula is C9H13NO4. The van der Waals surface area contributed by atoms with Crippen LogP contribution in [0.1, 0.15) is 23.0 Å². The van der Waals surface area contributed by atoms with Crippen molar-refractivity contribution in [1.82, 2.24) is 5.32 Å². The number of hydrogen-bond donors (Lipinski definition) is 3. The molecule has 1 unspecified atom stereocenters.